The van der Waals surface area contributed by atoms with Crippen molar-refractivity contribution in [1.29, 1.82) is 0 Å². The minimum absolute atomic E-state index is 0.622. The first-order valence-corrected chi connectivity index (χ1v) is 16.8. The summed E-state index contributed by atoms with van der Waals surface area (Å²) in [5, 5.41) is 7.00. The monoisotopic (exact) mass is 629 g/mol. The number of furan rings is 1. The number of hydrogen-bond acceptors (Lipinski definition) is 5. The number of nitrogens with zero attached hydrogens (tertiary/aromatic N) is 3. The van der Waals surface area contributed by atoms with Gasteiger partial charge >= 0.3 is 0 Å². The molecule has 3 heterocycles. The Bertz CT molecular complexity index is 2950. The number of hydrogen-bond donors (Lipinski definition) is 0. The zero-order chi connectivity index (χ0) is 31.3. The van der Waals surface area contributed by atoms with Gasteiger partial charge in [0.2, 0.25) is 0 Å². The summed E-state index contributed by atoms with van der Waals surface area (Å²) in [5.74, 6) is 1.90. The van der Waals surface area contributed by atoms with E-state index in [1.54, 1.807) is 0 Å². The molecule has 0 bridgehead atoms. The summed E-state index contributed by atoms with van der Waals surface area (Å²) in [7, 11) is 0. The molecule has 0 atom stereocenters. The summed E-state index contributed by atoms with van der Waals surface area (Å²) in [6.07, 6.45) is 0. The van der Waals surface area contributed by atoms with E-state index in [2.05, 4.69) is 109 Å². The van der Waals surface area contributed by atoms with Crippen LogP contribution in [-0.4, -0.2) is 15.0 Å². The zero-order valence-electron chi connectivity index (χ0n) is 25.4. The van der Waals surface area contributed by atoms with Crippen LogP contribution in [0.4, 0.5) is 0 Å². The number of thiophene rings is 1. The lowest BCUT2D eigenvalue weighted by atomic mass is 9.95. The molecule has 0 saturated heterocycles. The molecule has 10 aromatic rings. The summed E-state index contributed by atoms with van der Waals surface area (Å²) in [5.41, 5.74) is 9.21. The largest absolute Gasteiger partial charge is 0.455 e. The third kappa shape index (κ3) is 3.62. The van der Waals surface area contributed by atoms with Gasteiger partial charge in [0.1, 0.15) is 11.2 Å². The summed E-state index contributed by atoms with van der Waals surface area (Å²) in [6, 6.07) is 48.9. The number of benzene rings is 7. The Morgan fingerprint density at radius 2 is 1.15 bits per heavy atom. The van der Waals surface area contributed by atoms with Crippen molar-refractivity contribution in [3.63, 3.8) is 0 Å². The highest BCUT2D eigenvalue weighted by Crippen LogP contribution is 2.53. The van der Waals surface area contributed by atoms with Crippen LogP contribution in [0.2, 0.25) is 0 Å². The molecule has 3 aromatic heterocycles. The van der Waals surface area contributed by atoms with E-state index in [0.29, 0.717) is 17.5 Å². The van der Waals surface area contributed by atoms with Gasteiger partial charge in [-0.2, -0.15) is 0 Å². The fourth-order valence-corrected chi connectivity index (χ4v) is 8.62. The second-order valence-electron chi connectivity index (χ2n) is 12.3. The van der Waals surface area contributed by atoms with Crippen molar-refractivity contribution >= 4 is 64.2 Å². The normalized spacial score (nSPS) is 12.2. The highest BCUT2D eigenvalue weighted by atomic mass is 32.1. The molecule has 0 radical (unpaired) electrons. The Morgan fingerprint density at radius 3 is 2.02 bits per heavy atom. The van der Waals surface area contributed by atoms with Crippen LogP contribution in [0.3, 0.4) is 0 Å². The standard InChI is InChI=1S/C43H23N3OS/c1-2-10-25(11-3-1)41-44-42(26-20-21-36-31(22-26)27-14-5-7-19-35(27)48-36)46-43(45-41)33-23-32-28-16-8-12-24-13-9-17-30(37(24)28)39(32)40-38(33)29-15-4-6-18-34(29)47-40/h1-23H. The fourth-order valence-electron chi connectivity index (χ4n) is 7.54. The smallest absolute Gasteiger partial charge is 0.164 e. The highest BCUT2D eigenvalue weighted by Gasteiger charge is 2.29. The lowest BCUT2D eigenvalue weighted by Gasteiger charge is -2.12. The molecule has 0 N–H and O–H groups in total. The van der Waals surface area contributed by atoms with Crippen LogP contribution < -0.4 is 0 Å². The van der Waals surface area contributed by atoms with Crippen molar-refractivity contribution in [3.05, 3.63) is 140 Å². The maximum absolute atomic E-state index is 6.76. The van der Waals surface area contributed by atoms with Crippen molar-refractivity contribution in [2.24, 2.45) is 0 Å². The van der Waals surface area contributed by atoms with Crippen molar-refractivity contribution in [3.8, 4) is 56.4 Å². The SMILES string of the molecule is c1ccc(-c2nc(-c3ccc4sc5ccccc5c4c3)nc(-c3cc4c(c5oc6ccccc6c35)-c3cccc5cccc-4c35)n2)cc1. The maximum Gasteiger partial charge on any atom is 0.164 e. The van der Waals surface area contributed by atoms with Gasteiger partial charge in [-0.05, 0) is 63.9 Å². The summed E-state index contributed by atoms with van der Waals surface area (Å²) in [4.78, 5) is 15.6. The van der Waals surface area contributed by atoms with E-state index in [1.165, 1.54) is 42.1 Å². The van der Waals surface area contributed by atoms with Gasteiger partial charge in [-0.15, -0.1) is 11.3 Å². The Kier molecular flexibility index (Phi) is 5.23. The highest BCUT2D eigenvalue weighted by molar-refractivity contribution is 7.25. The van der Waals surface area contributed by atoms with Crippen molar-refractivity contribution < 1.29 is 4.42 Å². The van der Waals surface area contributed by atoms with Gasteiger partial charge in [0.05, 0.1) is 0 Å². The molecule has 1 aliphatic carbocycles. The molecule has 0 amide bonds. The molecule has 1 aliphatic rings. The molecule has 0 fully saturated rings. The van der Waals surface area contributed by atoms with Crippen LogP contribution >= 0.6 is 11.3 Å². The van der Waals surface area contributed by atoms with E-state index in [0.717, 1.165) is 49.8 Å². The average molecular weight is 630 g/mol. The first-order valence-electron chi connectivity index (χ1n) is 16.0. The zero-order valence-corrected chi connectivity index (χ0v) is 26.3. The number of fused-ring (bicyclic) bond motifs is 10. The van der Waals surface area contributed by atoms with E-state index < -0.39 is 0 Å². The lowest BCUT2D eigenvalue weighted by molar-refractivity contribution is 0.670. The van der Waals surface area contributed by atoms with Crippen LogP contribution in [0.5, 0.6) is 0 Å². The van der Waals surface area contributed by atoms with Gasteiger partial charge in [0, 0.05) is 53.2 Å². The van der Waals surface area contributed by atoms with Gasteiger partial charge in [0.25, 0.3) is 0 Å². The lowest BCUT2D eigenvalue weighted by Crippen LogP contribution is -2.00. The molecule has 4 nitrogen and oxygen atoms in total. The second kappa shape index (κ2) is 9.67. The average Bonchev–Trinajstić information content (AvgIpc) is 3.82. The maximum atomic E-state index is 6.76. The van der Waals surface area contributed by atoms with Crippen LogP contribution in [0.25, 0.3) is 109 Å². The molecule has 0 spiro atoms. The Hall–Kier alpha value is -6.17. The van der Waals surface area contributed by atoms with Crippen LogP contribution in [-0.2, 0) is 0 Å². The Morgan fingerprint density at radius 1 is 0.438 bits per heavy atom. The van der Waals surface area contributed by atoms with Gasteiger partial charge in [-0.1, -0.05) is 103 Å². The van der Waals surface area contributed by atoms with E-state index in [9.17, 15) is 0 Å². The molecule has 48 heavy (non-hydrogen) atoms. The minimum Gasteiger partial charge on any atom is -0.455 e. The van der Waals surface area contributed by atoms with Gasteiger partial charge in [-0.3, -0.25) is 0 Å². The third-order valence-corrected chi connectivity index (χ3v) is 10.8. The summed E-state index contributed by atoms with van der Waals surface area (Å²) >= 11 is 1.81. The van der Waals surface area contributed by atoms with E-state index in [-0.39, 0.29) is 0 Å². The van der Waals surface area contributed by atoms with Gasteiger partial charge in [-0.25, -0.2) is 15.0 Å². The molecule has 5 heteroatoms. The quantitative estimate of drug-likeness (QED) is 0.195. The first kappa shape index (κ1) is 26.0. The Labute approximate surface area is 278 Å². The van der Waals surface area contributed by atoms with Crippen LogP contribution in [0.1, 0.15) is 0 Å². The predicted octanol–water partition coefficient (Wildman–Crippen LogP) is 11.9. The predicted molar refractivity (Wildman–Crippen MR) is 198 cm³/mol. The minimum atomic E-state index is 0.622. The van der Waals surface area contributed by atoms with Crippen LogP contribution in [0.15, 0.2) is 144 Å². The van der Waals surface area contributed by atoms with Gasteiger partial charge in [0.15, 0.2) is 17.5 Å². The van der Waals surface area contributed by atoms with Crippen molar-refractivity contribution in [2.45, 2.75) is 0 Å². The number of aromatic nitrogens is 3. The second-order valence-corrected chi connectivity index (χ2v) is 13.4. The van der Waals surface area contributed by atoms with E-state index in [4.69, 9.17) is 19.4 Å². The summed E-state index contributed by atoms with van der Waals surface area (Å²) < 4.78 is 9.28. The van der Waals surface area contributed by atoms with Crippen molar-refractivity contribution in [1.82, 2.24) is 15.0 Å². The molecular formula is C43H23N3OS. The molecule has 0 saturated carbocycles. The van der Waals surface area contributed by atoms with Gasteiger partial charge < -0.3 is 4.42 Å². The first-order chi connectivity index (χ1) is 23.8. The molecule has 7 aromatic carbocycles. The van der Waals surface area contributed by atoms with Crippen LogP contribution in [0, 0.1) is 0 Å². The Balaban J connectivity index is 1.24. The topological polar surface area (TPSA) is 51.8 Å². The third-order valence-electron chi connectivity index (χ3n) is 9.66. The number of rotatable bonds is 3. The summed E-state index contributed by atoms with van der Waals surface area (Å²) in [6.45, 7) is 0. The molecule has 11 rings (SSSR count). The molecule has 222 valence electrons. The molecule has 0 unspecified atom stereocenters. The molecule has 0 aliphatic heterocycles. The van der Waals surface area contributed by atoms with E-state index in [1.807, 2.05) is 41.7 Å². The van der Waals surface area contributed by atoms with E-state index >= 15 is 0 Å². The molecular weight excluding hydrogens is 607 g/mol. The van der Waals surface area contributed by atoms with Crippen molar-refractivity contribution in [2.75, 3.05) is 0 Å². The number of para-hydroxylation sites is 1. The fraction of sp³-hybridized carbons (Fsp3) is 0.